The zero-order valence-electron chi connectivity index (χ0n) is 13.9. The van der Waals surface area contributed by atoms with Crippen LogP contribution in [0.4, 0.5) is 11.4 Å². The Morgan fingerprint density at radius 2 is 1.72 bits per heavy atom. The van der Waals surface area contributed by atoms with E-state index in [4.69, 9.17) is 16.3 Å². The van der Waals surface area contributed by atoms with Crippen LogP contribution in [0.15, 0.2) is 48.5 Å². The molecule has 0 saturated carbocycles. The van der Waals surface area contributed by atoms with Crippen molar-refractivity contribution in [3.05, 3.63) is 53.6 Å². The molecule has 0 aliphatic rings. The summed E-state index contributed by atoms with van der Waals surface area (Å²) in [6.07, 6.45) is 1.12. The second-order valence-electron chi connectivity index (χ2n) is 5.34. The third-order valence-corrected chi connectivity index (χ3v) is 4.88. The van der Waals surface area contributed by atoms with E-state index in [0.29, 0.717) is 22.1 Å². The molecule has 8 heteroatoms. The molecular weight excluding hydrogens is 364 g/mol. The number of ether oxygens (including phenoxy) is 1. The lowest BCUT2D eigenvalue weighted by atomic mass is 10.3. The average molecular weight is 383 g/mol. The molecule has 6 nitrogen and oxygen atoms in total. The number of hydrogen-bond acceptors (Lipinski definition) is 4. The molecule has 0 radical (unpaired) electrons. The summed E-state index contributed by atoms with van der Waals surface area (Å²) in [5.74, 6) is 0.400. The summed E-state index contributed by atoms with van der Waals surface area (Å²) >= 11 is 5.83. The van der Waals surface area contributed by atoms with Gasteiger partial charge in [-0.3, -0.25) is 9.10 Å². The summed E-state index contributed by atoms with van der Waals surface area (Å²) in [5, 5.41) is 3.23. The molecule has 1 N–H and O–H groups in total. The van der Waals surface area contributed by atoms with Gasteiger partial charge in [-0.2, -0.15) is 0 Å². The van der Waals surface area contributed by atoms with Crippen molar-refractivity contribution < 1.29 is 17.9 Å². The van der Waals surface area contributed by atoms with Gasteiger partial charge in [0.2, 0.25) is 15.9 Å². The quantitative estimate of drug-likeness (QED) is 0.798. The van der Waals surface area contributed by atoms with Crippen molar-refractivity contribution in [2.45, 2.75) is 6.42 Å². The first-order chi connectivity index (χ1) is 11.8. The summed E-state index contributed by atoms with van der Waals surface area (Å²) in [4.78, 5) is 12.1. The van der Waals surface area contributed by atoms with E-state index < -0.39 is 10.0 Å². The zero-order valence-corrected chi connectivity index (χ0v) is 15.5. The molecule has 134 valence electrons. The van der Waals surface area contributed by atoms with Gasteiger partial charge in [0.05, 0.1) is 19.1 Å². The number of methoxy groups -OCH3 is 1. The number of nitrogens with one attached hydrogen (secondary N) is 1. The number of rotatable bonds is 7. The van der Waals surface area contributed by atoms with E-state index >= 15 is 0 Å². The van der Waals surface area contributed by atoms with Gasteiger partial charge in [-0.05, 0) is 48.5 Å². The normalized spacial score (nSPS) is 11.0. The Kier molecular flexibility index (Phi) is 6.27. The molecule has 0 atom stereocenters. The van der Waals surface area contributed by atoms with Crippen molar-refractivity contribution in [1.82, 2.24) is 0 Å². The lowest BCUT2D eigenvalue weighted by Crippen LogP contribution is -2.33. The van der Waals surface area contributed by atoms with Crippen molar-refractivity contribution in [3.63, 3.8) is 0 Å². The Labute approximate surface area is 152 Å². The third kappa shape index (κ3) is 5.65. The number of benzene rings is 2. The molecule has 2 rings (SSSR count). The summed E-state index contributed by atoms with van der Waals surface area (Å²) in [6.45, 7) is 0.0302. The predicted octanol–water partition coefficient (Wildman–Crippen LogP) is 3.14. The largest absolute Gasteiger partial charge is 0.497 e. The molecule has 0 bridgehead atoms. The first-order valence-corrected chi connectivity index (χ1v) is 9.69. The van der Waals surface area contributed by atoms with E-state index in [0.717, 1.165) is 6.26 Å². The van der Waals surface area contributed by atoms with E-state index in [1.54, 1.807) is 55.6 Å². The Morgan fingerprint density at radius 1 is 1.12 bits per heavy atom. The second kappa shape index (κ2) is 8.22. The topological polar surface area (TPSA) is 75.7 Å². The molecular formula is C17H19ClN2O4S. The maximum Gasteiger partial charge on any atom is 0.232 e. The molecule has 0 heterocycles. The van der Waals surface area contributed by atoms with E-state index in [1.807, 2.05) is 0 Å². The van der Waals surface area contributed by atoms with Crippen LogP contribution in [-0.2, 0) is 14.8 Å². The van der Waals surface area contributed by atoms with Gasteiger partial charge in [0.15, 0.2) is 0 Å². The zero-order chi connectivity index (χ0) is 18.4. The summed E-state index contributed by atoms with van der Waals surface area (Å²) in [6, 6.07) is 13.3. The minimum absolute atomic E-state index is 0.0156. The van der Waals surface area contributed by atoms with E-state index in [-0.39, 0.29) is 18.9 Å². The van der Waals surface area contributed by atoms with Gasteiger partial charge in [-0.25, -0.2) is 8.42 Å². The van der Waals surface area contributed by atoms with Crippen LogP contribution >= 0.6 is 11.6 Å². The van der Waals surface area contributed by atoms with E-state index in [2.05, 4.69) is 5.32 Å². The number of sulfonamides is 1. The number of nitrogens with zero attached hydrogens (tertiary/aromatic N) is 1. The number of hydrogen-bond donors (Lipinski definition) is 1. The molecule has 2 aromatic rings. The van der Waals surface area contributed by atoms with E-state index in [9.17, 15) is 13.2 Å². The highest BCUT2D eigenvalue weighted by Gasteiger charge is 2.18. The minimum Gasteiger partial charge on any atom is -0.497 e. The van der Waals surface area contributed by atoms with Crippen molar-refractivity contribution in [2.24, 2.45) is 0 Å². The summed E-state index contributed by atoms with van der Waals surface area (Å²) in [5.41, 5.74) is 1.08. The van der Waals surface area contributed by atoms with Gasteiger partial charge >= 0.3 is 0 Å². The fourth-order valence-electron chi connectivity index (χ4n) is 2.19. The number of carbonyl (C=O) groups is 1. The average Bonchev–Trinajstić information content (AvgIpc) is 2.56. The lowest BCUT2D eigenvalue weighted by Gasteiger charge is -2.22. The van der Waals surface area contributed by atoms with Gasteiger partial charge in [0.1, 0.15) is 5.75 Å². The monoisotopic (exact) mass is 382 g/mol. The number of carbonyl (C=O) groups excluding carboxylic acids is 1. The molecule has 0 saturated heterocycles. The third-order valence-electron chi connectivity index (χ3n) is 3.43. The standard InChI is InChI=1S/C17H19ClN2O4S/c1-24-16-9-5-14(6-10-16)19-17(21)11-12-20(25(2,22)23)15-7-3-13(18)4-8-15/h3-10H,11-12H2,1-2H3,(H,19,21). The molecule has 25 heavy (non-hydrogen) atoms. The first-order valence-electron chi connectivity index (χ1n) is 7.47. The first kappa shape index (κ1) is 19.1. The SMILES string of the molecule is COc1ccc(NC(=O)CCN(c2ccc(Cl)cc2)S(C)(=O)=O)cc1. The smallest absolute Gasteiger partial charge is 0.232 e. The number of halogens is 1. The van der Waals surface area contributed by atoms with Crippen molar-refractivity contribution >= 4 is 38.9 Å². The highest BCUT2D eigenvalue weighted by Crippen LogP contribution is 2.21. The fourth-order valence-corrected chi connectivity index (χ4v) is 3.25. The highest BCUT2D eigenvalue weighted by molar-refractivity contribution is 7.92. The molecule has 0 unspecified atom stereocenters. The Balaban J connectivity index is 2.02. The van der Waals surface area contributed by atoms with Gasteiger partial charge in [0, 0.05) is 23.7 Å². The maximum absolute atomic E-state index is 12.1. The van der Waals surface area contributed by atoms with Gasteiger partial charge in [-0.15, -0.1) is 0 Å². The predicted molar refractivity (Wildman–Crippen MR) is 99.9 cm³/mol. The maximum atomic E-state index is 12.1. The van der Waals surface area contributed by atoms with Crippen LogP contribution in [0.1, 0.15) is 6.42 Å². The van der Waals surface area contributed by atoms with Gasteiger partial charge in [0.25, 0.3) is 0 Å². The molecule has 0 spiro atoms. The van der Waals surface area contributed by atoms with Crippen LogP contribution in [0.5, 0.6) is 5.75 Å². The Hall–Kier alpha value is -2.25. The van der Waals surface area contributed by atoms with E-state index in [1.165, 1.54) is 4.31 Å². The number of amides is 1. The van der Waals surface area contributed by atoms with Crippen LogP contribution in [0.25, 0.3) is 0 Å². The summed E-state index contributed by atoms with van der Waals surface area (Å²) < 4.78 is 30.2. The fraction of sp³-hybridized carbons (Fsp3) is 0.235. The number of anilines is 2. The molecule has 2 aromatic carbocycles. The minimum atomic E-state index is -3.51. The van der Waals surface area contributed by atoms with Gasteiger partial charge < -0.3 is 10.1 Å². The van der Waals surface area contributed by atoms with Crippen LogP contribution in [0.2, 0.25) is 5.02 Å². The van der Waals surface area contributed by atoms with Crippen LogP contribution in [0, 0.1) is 0 Å². The summed E-state index contributed by atoms with van der Waals surface area (Å²) in [7, 11) is -1.95. The van der Waals surface area contributed by atoms with Crippen molar-refractivity contribution in [1.29, 1.82) is 0 Å². The molecule has 0 aliphatic carbocycles. The second-order valence-corrected chi connectivity index (χ2v) is 7.68. The van der Waals surface area contributed by atoms with Crippen LogP contribution in [0.3, 0.4) is 0 Å². The van der Waals surface area contributed by atoms with Crippen molar-refractivity contribution in [3.8, 4) is 5.75 Å². The van der Waals surface area contributed by atoms with Crippen LogP contribution < -0.4 is 14.4 Å². The lowest BCUT2D eigenvalue weighted by molar-refractivity contribution is -0.116. The molecule has 0 aromatic heterocycles. The Morgan fingerprint density at radius 3 is 2.24 bits per heavy atom. The van der Waals surface area contributed by atoms with Crippen LogP contribution in [-0.4, -0.2) is 34.2 Å². The molecule has 0 fully saturated rings. The van der Waals surface area contributed by atoms with Crippen molar-refractivity contribution in [2.75, 3.05) is 29.5 Å². The molecule has 0 aliphatic heterocycles. The highest BCUT2D eigenvalue weighted by atomic mass is 35.5. The van der Waals surface area contributed by atoms with Gasteiger partial charge in [-0.1, -0.05) is 11.6 Å². The Bertz CT molecular complexity index is 821. The molecule has 1 amide bonds.